The second-order valence-corrected chi connectivity index (χ2v) is 10.3. The van der Waals surface area contributed by atoms with Crippen LogP contribution in [0, 0.1) is 16.7 Å². The molecule has 0 radical (unpaired) electrons. The molecule has 1 amide bonds. The summed E-state index contributed by atoms with van der Waals surface area (Å²) in [5, 5.41) is 9.92. The highest BCUT2D eigenvalue weighted by Crippen LogP contribution is 2.55. The van der Waals surface area contributed by atoms with E-state index in [0.29, 0.717) is 19.7 Å². The topological polar surface area (TPSA) is 76.1 Å². The first-order chi connectivity index (χ1) is 12.5. The number of fused-ring (bicyclic) bond motifs is 1. The van der Waals surface area contributed by atoms with Crippen molar-refractivity contribution in [3.8, 4) is 0 Å². The molecule has 1 aliphatic carbocycles. The lowest BCUT2D eigenvalue weighted by molar-refractivity contribution is -0.151. The minimum atomic E-state index is -0.958. The van der Waals surface area contributed by atoms with Crippen molar-refractivity contribution in [2.75, 3.05) is 19.7 Å². The lowest BCUT2D eigenvalue weighted by Gasteiger charge is -2.50. The predicted octanol–water partition coefficient (Wildman–Crippen LogP) is 4.35. The Labute approximate surface area is 174 Å². The van der Waals surface area contributed by atoms with Crippen molar-refractivity contribution < 1.29 is 24.2 Å². The first-order valence-corrected chi connectivity index (χ1v) is 10.5. The molecule has 27 heavy (non-hydrogen) atoms. The molecule has 150 valence electrons. The lowest BCUT2D eigenvalue weighted by atomic mass is 9.62. The Kier molecular flexibility index (Phi) is 5.29. The van der Waals surface area contributed by atoms with Gasteiger partial charge in [-0.25, -0.2) is 4.79 Å². The van der Waals surface area contributed by atoms with Crippen molar-refractivity contribution in [1.29, 1.82) is 0 Å². The normalized spacial score (nSPS) is 30.0. The first kappa shape index (κ1) is 20.5. The maximum absolute atomic E-state index is 12.3. The number of allylic oxidation sites excluding steroid dienone is 3. The zero-order valence-corrected chi connectivity index (χ0v) is 18.5. The minimum Gasteiger partial charge on any atom is -0.497 e. The van der Waals surface area contributed by atoms with Gasteiger partial charge in [0.15, 0.2) is 0 Å². The number of hydrogen-bond acceptors (Lipinski definition) is 4. The number of carboxylic acids is 1. The highest BCUT2D eigenvalue weighted by molar-refractivity contribution is 14.1. The van der Waals surface area contributed by atoms with Crippen LogP contribution < -0.4 is 0 Å². The number of nitrogens with zero attached hydrogens (tertiary/aromatic N) is 1. The SMILES string of the molecule is CC(C)(C)OC(=O)N1CCC2(CC1)COC1=CC=C(I)C(C)(C(=O)O)C1C2. The average molecular weight is 489 g/mol. The highest BCUT2D eigenvalue weighted by Gasteiger charge is 2.54. The van der Waals surface area contributed by atoms with Crippen LogP contribution in [0.2, 0.25) is 0 Å². The van der Waals surface area contributed by atoms with Crippen molar-refractivity contribution in [2.24, 2.45) is 16.7 Å². The van der Waals surface area contributed by atoms with Gasteiger partial charge in [-0.2, -0.15) is 0 Å². The zero-order valence-electron chi connectivity index (χ0n) is 16.4. The standard InChI is InChI=1S/C20H28INO5/c1-18(2,3)27-17(25)22-9-7-20(8-10-22)11-13-14(26-12-20)5-6-15(21)19(13,4)16(23)24/h5-6,13H,7-12H2,1-4H3,(H,23,24). The van der Waals surface area contributed by atoms with E-state index >= 15 is 0 Å². The molecule has 0 bridgehead atoms. The maximum atomic E-state index is 12.3. The highest BCUT2D eigenvalue weighted by atomic mass is 127. The molecule has 3 rings (SSSR count). The van der Waals surface area contributed by atoms with Gasteiger partial charge in [0.25, 0.3) is 0 Å². The van der Waals surface area contributed by atoms with E-state index in [1.165, 1.54) is 0 Å². The first-order valence-electron chi connectivity index (χ1n) is 9.39. The van der Waals surface area contributed by atoms with Gasteiger partial charge in [-0.1, -0.05) is 0 Å². The fourth-order valence-corrected chi connectivity index (χ4v) is 4.95. The van der Waals surface area contributed by atoms with E-state index in [1.807, 2.05) is 32.9 Å². The number of carbonyl (C=O) groups excluding carboxylic acids is 1. The van der Waals surface area contributed by atoms with E-state index in [2.05, 4.69) is 22.6 Å². The molecule has 6 nitrogen and oxygen atoms in total. The van der Waals surface area contributed by atoms with Gasteiger partial charge in [0, 0.05) is 28.0 Å². The summed E-state index contributed by atoms with van der Waals surface area (Å²) < 4.78 is 12.4. The largest absolute Gasteiger partial charge is 0.497 e. The number of likely N-dealkylation sites (tertiary alicyclic amines) is 1. The summed E-state index contributed by atoms with van der Waals surface area (Å²) >= 11 is 2.13. The number of aliphatic carboxylic acids is 1. The minimum absolute atomic E-state index is 0.0918. The second-order valence-electron chi connectivity index (χ2n) is 9.10. The summed E-state index contributed by atoms with van der Waals surface area (Å²) in [7, 11) is 0. The van der Waals surface area contributed by atoms with Crippen molar-refractivity contribution in [2.45, 2.75) is 52.6 Å². The van der Waals surface area contributed by atoms with Crippen LogP contribution in [0.5, 0.6) is 0 Å². The van der Waals surface area contributed by atoms with Gasteiger partial charge < -0.3 is 19.5 Å². The predicted molar refractivity (Wildman–Crippen MR) is 109 cm³/mol. The zero-order chi connectivity index (χ0) is 20.0. The van der Waals surface area contributed by atoms with Gasteiger partial charge in [0.1, 0.15) is 16.8 Å². The van der Waals surface area contributed by atoms with E-state index in [9.17, 15) is 14.7 Å². The molecule has 2 atom stereocenters. The quantitative estimate of drug-likeness (QED) is 0.555. The summed E-state index contributed by atoms with van der Waals surface area (Å²) in [6.45, 7) is 9.20. The van der Waals surface area contributed by atoms with Crippen LogP contribution in [0.25, 0.3) is 0 Å². The fraction of sp³-hybridized carbons (Fsp3) is 0.700. The average Bonchev–Trinajstić information content (AvgIpc) is 2.57. The smallest absolute Gasteiger partial charge is 0.410 e. The number of hydrogen-bond donors (Lipinski definition) is 1. The molecule has 0 aromatic carbocycles. The van der Waals surface area contributed by atoms with Crippen molar-refractivity contribution in [3.05, 3.63) is 21.5 Å². The van der Waals surface area contributed by atoms with Gasteiger partial charge >= 0.3 is 12.1 Å². The Balaban J connectivity index is 1.72. The molecular formula is C20H28INO5. The molecule has 3 aliphatic rings. The van der Waals surface area contributed by atoms with Gasteiger partial charge in [-0.3, -0.25) is 4.79 Å². The van der Waals surface area contributed by atoms with Crippen molar-refractivity contribution in [3.63, 3.8) is 0 Å². The summed E-state index contributed by atoms with van der Waals surface area (Å²) in [6, 6.07) is 0. The molecule has 7 heteroatoms. The molecule has 0 saturated carbocycles. The second kappa shape index (κ2) is 6.97. The van der Waals surface area contributed by atoms with Crippen LogP contribution in [0.1, 0.15) is 47.0 Å². The Bertz CT molecular complexity index is 700. The molecule has 1 spiro atoms. The van der Waals surface area contributed by atoms with E-state index in [0.717, 1.165) is 28.6 Å². The molecule has 0 aromatic heterocycles. The van der Waals surface area contributed by atoms with Crippen LogP contribution in [0.3, 0.4) is 0 Å². The lowest BCUT2D eigenvalue weighted by Crippen LogP contribution is -2.52. The number of amides is 1. The number of rotatable bonds is 1. The third-order valence-corrected chi connectivity index (χ3v) is 7.51. The van der Waals surface area contributed by atoms with Crippen molar-refractivity contribution >= 4 is 34.7 Å². The summed E-state index contributed by atoms with van der Waals surface area (Å²) in [6.07, 6.45) is 5.85. The van der Waals surface area contributed by atoms with Gasteiger partial charge in [0.2, 0.25) is 0 Å². The number of halogens is 1. The molecule has 2 heterocycles. The number of carboxylic acid groups (broad SMARTS) is 1. The van der Waals surface area contributed by atoms with E-state index in [1.54, 1.807) is 11.8 Å². The summed E-state index contributed by atoms with van der Waals surface area (Å²) in [4.78, 5) is 26.2. The van der Waals surface area contributed by atoms with Crippen LogP contribution in [0.4, 0.5) is 4.79 Å². The van der Waals surface area contributed by atoms with E-state index in [-0.39, 0.29) is 17.4 Å². The molecule has 1 N–H and O–H groups in total. The van der Waals surface area contributed by atoms with Crippen LogP contribution in [-0.2, 0) is 14.3 Å². The van der Waals surface area contributed by atoms with Crippen LogP contribution in [-0.4, -0.2) is 47.4 Å². The summed E-state index contributed by atoms with van der Waals surface area (Å²) in [5.74, 6) is -0.208. The van der Waals surface area contributed by atoms with E-state index in [4.69, 9.17) is 9.47 Å². The molecule has 2 saturated heterocycles. The number of carbonyl (C=O) groups is 2. The van der Waals surface area contributed by atoms with Gasteiger partial charge in [-0.15, -0.1) is 0 Å². The Morgan fingerprint density at radius 1 is 1.30 bits per heavy atom. The van der Waals surface area contributed by atoms with Gasteiger partial charge in [-0.05, 0) is 81.7 Å². The molecule has 2 unspecified atom stereocenters. The molecule has 2 fully saturated rings. The monoisotopic (exact) mass is 489 g/mol. The Morgan fingerprint density at radius 3 is 2.48 bits per heavy atom. The van der Waals surface area contributed by atoms with Gasteiger partial charge in [0.05, 0.1) is 6.61 Å². The number of ether oxygens (including phenoxy) is 2. The summed E-state index contributed by atoms with van der Waals surface area (Å²) in [5.41, 5.74) is -1.56. The Morgan fingerprint density at radius 2 is 1.93 bits per heavy atom. The number of piperidine rings is 1. The molecule has 0 aromatic rings. The molecule has 2 aliphatic heterocycles. The van der Waals surface area contributed by atoms with E-state index < -0.39 is 17.0 Å². The van der Waals surface area contributed by atoms with Crippen LogP contribution >= 0.6 is 22.6 Å². The van der Waals surface area contributed by atoms with Crippen molar-refractivity contribution in [1.82, 2.24) is 4.90 Å². The molecular weight excluding hydrogens is 461 g/mol. The van der Waals surface area contributed by atoms with Crippen LogP contribution in [0.15, 0.2) is 21.5 Å². The Hall–Kier alpha value is -1.25. The fourth-order valence-electron chi connectivity index (χ4n) is 4.17. The maximum Gasteiger partial charge on any atom is 0.410 e. The third kappa shape index (κ3) is 3.84. The third-order valence-electron chi connectivity index (χ3n) is 6.03.